The summed E-state index contributed by atoms with van der Waals surface area (Å²) in [4.78, 5) is 39.9. The zero-order valence-corrected chi connectivity index (χ0v) is 19.5. The van der Waals surface area contributed by atoms with E-state index in [0.29, 0.717) is 23.9 Å². The Kier molecular flexibility index (Phi) is 6.03. The molecular formula is C27H21N3O6. The molecule has 3 aromatic carbocycles. The summed E-state index contributed by atoms with van der Waals surface area (Å²) >= 11 is 0. The Morgan fingerprint density at radius 2 is 1.67 bits per heavy atom. The van der Waals surface area contributed by atoms with E-state index in [1.54, 1.807) is 31.2 Å². The zero-order valence-electron chi connectivity index (χ0n) is 19.5. The van der Waals surface area contributed by atoms with E-state index in [1.165, 1.54) is 18.2 Å². The third-order valence-corrected chi connectivity index (χ3v) is 5.62. The van der Waals surface area contributed by atoms with E-state index in [-0.39, 0.29) is 22.6 Å². The standard InChI is InChI=1S/C27H21N3O6/c1-3-34-20-12-10-19(11-13-20)30-25(31)21-14-9-18(15-22(21)26(30)32)27(33)35-16(2)23-28-29-24(36-23)17-7-5-4-6-8-17/h4-16H,3H2,1-2H3. The van der Waals surface area contributed by atoms with E-state index >= 15 is 0 Å². The first-order chi connectivity index (χ1) is 17.5. The second kappa shape index (κ2) is 9.46. The molecule has 36 heavy (non-hydrogen) atoms. The number of esters is 1. The summed E-state index contributed by atoms with van der Waals surface area (Å²) in [5, 5.41) is 7.97. The normalized spacial score (nSPS) is 13.4. The van der Waals surface area contributed by atoms with Gasteiger partial charge in [-0.25, -0.2) is 9.69 Å². The Hall–Kier alpha value is -4.79. The minimum absolute atomic E-state index is 0.123. The largest absolute Gasteiger partial charge is 0.494 e. The zero-order chi connectivity index (χ0) is 25.2. The number of anilines is 1. The lowest BCUT2D eigenvalue weighted by Gasteiger charge is -2.14. The van der Waals surface area contributed by atoms with Crippen LogP contribution in [0.3, 0.4) is 0 Å². The fraction of sp³-hybridized carbons (Fsp3) is 0.148. The number of amides is 2. The number of benzene rings is 3. The van der Waals surface area contributed by atoms with Crippen molar-refractivity contribution in [2.75, 3.05) is 11.5 Å². The van der Waals surface area contributed by atoms with Gasteiger partial charge in [0.05, 0.1) is 29.0 Å². The van der Waals surface area contributed by atoms with E-state index < -0.39 is 23.9 Å². The van der Waals surface area contributed by atoms with Gasteiger partial charge >= 0.3 is 5.97 Å². The van der Waals surface area contributed by atoms with Crippen LogP contribution in [0.25, 0.3) is 11.5 Å². The van der Waals surface area contributed by atoms with Crippen molar-refractivity contribution in [1.82, 2.24) is 10.2 Å². The molecule has 180 valence electrons. The quantitative estimate of drug-likeness (QED) is 0.271. The second-order valence-corrected chi connectivity index (χ2v) is 7.99. The highest BCUT2D eigenvalue weighted by Gasteiger charge is 2.37. The van der Waals surface area contributed by atoms with Crippen molar-refractivity contribution in [2.45, 2.75) is 20.0 Å². The van der Waals surface area contributed by atoms with Crippen LogP contribution >= 0.6 is 0 Å². The van der Waals surface area contributed by atoms with Crippen LogP contribution in [0, 0.1) is 0 Å². The van der Waals surface area contributed by atoms with E-state index in [9.17, 15) is 14.4 Å². The molecule has 1 atom stereocenters. The van der Waals surface area contributed by atoms with Gasteiger partial charge in [0.25, 0.3) is 17.7 Å². The molecule has 9 nitrogen and oxygen atoms in total. The topological polar surface area (TPSA) is 112 Å². The van der Waals surface area contributed by atoms with Gasteiger partial charge in [-0.2, -0.15) is 0 Å². The van der Waals surface area contributed by atoms with Crippen molar-refractivity contribution in [3.63, 3.8) is 0 Å². The van der Waals surface area contributed by atoms with Crippen LogP contribution in [-0.2, 0) is 4.74 Å². The smallest absolute Gasteiger partial charge is 0.338 e. The molecule has 0 bridgehead atoms. The first kappa shape index (κ1) is 23.0. The molecule has 2 amide bonds. The molecule has 1 aliphatic rings. The van der Waals surface area contributed by atoms with Gasteiger partial charge in [0, 0.05) is 5.56 Å². The summed E-state index contributed by atoms with van der Waals surface area (Å²) in [6.07, 6.45) is -0.826. The summed E-state index contributed by atoms with van der Waals surface area (Å²) < 4.78 is 16.5. The summed E-state index contributed by atoms with van der Waals surface area (Å²) in [6, 6.07) is 20.1. The van der Waals surface area contributed by atoms with Gasteiger partial charge in [-0.1, -0.05) is 18.2 Å². The highest BCUT2D eigenvalue weighted by molar-refractivity contribution is 6.34. The average Bonchev–Trinajstić information content (AvgIpc) is 3.49. The van der Waals surface area contributed by atoms with Gasteiger partial charge in [-0.05, 0) is 68.4 Å². The number of hydrogen-bond donors (Lipinski definition) is 0. The Labute approximate surface area is 206 Å². The summed E-state index contributed by atoms with van der Waals surface area (Å²) in [7, 11) is 0. The van der Waals surface area contributed by atoms with E-state index in [0.717, 1.165) is 10.5 Å². The summed E-state index contributed by atoms with van der Waals surface area (Å²) in [5.74, 6) is -0.600. The van der Waals surface area contributed by atoms with Crippen LogP contribution in [0.5, 0.6) is 5.75 Å². The van der Waals surface area contributed by atoms with Crippen molar-refractivity contribution in [3.8, 4) is 17.2 Å². The van der Waals surface area contributed by atoms with Crippen LogP contribution in [0.15, 0.2) is 77.2 Å². The van der Waals surface area contributed by atoms with E-state index in [4.69, 9.17) is 13.9 Å². The van der Waals surface area contributed by atoms with Crippen LogP contribution in [0.4, 0.5) is 5.69 Å². The van der Waals surface area contributed by atoms with Crippen molar-refractivity contribution in [2.24, 2.45) is 0 Å². The monoisotopic (exact) mass is 483 g/mol. The molecule has 0 saturated carbocycles. The molecular weight excluding hydrogens is 462 g/mol. The summed E-state index contributed by atoms with van der Waals surface area (Å²) in [6.45, 7) is 3.98. The molecule has 0 N–H and O–H groups in total. The van der Waals surface area contributed by atoms with Gasteiger partial charge in [0.2, 0.25) is 5.89 Å². The molecule has 1 aliphatic heterocycles. The number of nitrogens with zero attached hydrogens (tertiary/aromatic N) is 3. The first-order valence-electron chi connectivity index (χ1n) is 11.3. The highest BCUT2D eigenvalue weighted by Crippen LogP contribution is 2.31. The van der Waals surface area contributed by atoms with Gasteiger partial charge in [0.1, 0.15) is 5.75 Å². The molecule has 9 heteroatoms. The van der Waals surface area contributed by atoms with Crippen molar-refractivity contribution in [3.05, 3.63) is 95.4 Å². The molecule has 0 saturated heterocycles. The maximum atomic E-state index is 13.1. The van der Waals surface area contributed by atoms with Gasteiger partial charge in [-0.3, -0.25) is 9.59 Å². The van der Waals surface area contributed by atoms with Gasteiger partial charge in [-0.15, -0.1) is 10.2 Å². The molecule has 1 unspecified atom stereocenters. The lowest BCUT2D eigenvalue weighted by atomic mass is 10.1. The molecule has 5 rings (SSSR count). The Balaban J connectivity index is 1.32. The maximum Gasteiger partial charge on any atom is 0.338 e. The number of carbonyl (C=O) groups is 3. The lowest BCUT2D eigenvalue weighted by Crippen LogP contribution is -2.29. The van der Waals surface area contributed by atoms with Crippen LogP contribution in [-0.4, -0.2) is 34.6 Å². The number of ether oxygens (including phenoxy) is 2. The van der Waals surface area contributed by atoms with Crippen LogP contribution < -0.4 is 9.64 Å². The summed E-state index contributed by atoms with van der Waals surface area (Å²) in [5.41, 5.74) is 1.61. The van der Waals surface area contributed by atoms with Crippen LogP contribution in [0.1, 0.15) is 56.9 Å². The molecule has 1 aromatic heterocycles. The molecule has 0 fully saturated rings. The number of hydrogen-bond acceptors (Lipinski definition) is 8. The minimum Gasteiger partial charge on any atom is -0.494 e. The fourth-order valence-corrected chi connectivity index (χ4v) is 3.84. The molecule has 0 aliphatic carbocycles. The average molecular weight is 483 g/mol. The predicted molar refractivity (Wildman–Crippen MR) is 129 cm³/mol. The Morgan fingerprint density at radius 1 is 0.944 bits per heavy atom. The van der Waals surface area contributed by atoms with Crippen molar-refractivity contribution < 1.29 is 28.3 Å². The SMILES string of the molecule is CCOc1ccc(N2C(=O)c3ccc(C(=O)OC(C)c4nnc(-c5ccccc5)o4)cc3C2=O)cc1. The number of imide groups is 1. The minimum atomic E-state index is -0.826. The number of fused-ring (bicyclic) bond motifs is 1. The predicted octanol–water partition coefficient (Wildman–Crippen LogP) is 4.85. The second-order valence-electron chi connectivity index (χ2n) is 7.99. The van der Waals surface area contributed by atoms with Gasteiger partial charge in [0.15, 0.2) is 6.10 Å². The number of carbonyl (C=O) groups excluding carboxylic acids is 3. The molecule has 0 radical (unpaired) electrons. The Morgan fingerprint density at radius 3 is 2.39 bits per heavy atom. The van der Waals surface area contributed by atoms with Crippen molar-refractivity contribution in [1.29, 1.82) is 0 Å². The fourth-order valence-electron chi connectivity index (χ4n) is 3.84. The van der Waals surface area contributed by atoms with E-state index in [2.05, 4.69) is 10.2 Å². The molecule has 2 heterocycles. The third-order valence-electron chi connectivity index (χ3n) is 5.62. The number of rotatable bonds is 7. The molecule has 0 spiro atoms. The highest BCUT2D eigenvalue weighted by atomic mass is 16.6. The lowest BCUT2D eigenvalue weighted by molar-refractivity contribution is 0.0279. The van der Waals surface area contributed by atoms with Gasteiger partial charge < -0.3 is 13.9 Å². The van der Waals surface area contributed by atoms with E-state index in [1.807, 2.05) is 37.3 Å². The maximum absolute atomic E-state index is 13.1. The third kappa shape index (κ3) is 4.22. The van der Waals surface area contributed by atoms with Crippen molar-refractivity contribution >= 4 is 23.5 Å². The molecule has 4 aromatic rings. The Bertz CT molecular complexity index is 1450. The number of aromatic nitrogens is 2. The van der Waals surface area contributed by atoms with Crippen LogP contribution in [0.2, 0.25) is 0 Å². The first-order valence-corrected chi connectivity index (χ1v) is 11.3.